The molecule has 3 aliphatic rings. The van der Waals surface area contributed by atoms with Gasteiger partial charge in [-0.3, -0.25) is 15.0 Å². The van der Waals surface area contributed by atoms with Crippen LogP contribution >= 0.6 is 0 Å². The first kappa shape index (κ1) is 48.1. The molecular weight excluding hydrogens is 823 g/mol. The predicted molar refractivity (Wildman–Crippen MR) is 240 cm³/mol. The number of nitrogens with zero attached hydrogens (tertiary/aromatic N) is 3. The third-order valence-electron chi connectivity index (χ3n) is 12.5. The second-order valence-electron chi connectivity index (χ2n) is 16.5. The number of benzene rings is 3. The molecule has 15 nitrogen and oxygen atoms in total. The van der Waals surface area contributed by atoms with Crippen LogP contribution in [-0.2, 0) is 25.7 Å². The minimum Gasteiger partial charge on any atom is -0.459 e. The molecule has 1 saturated carbocycles. The Balaban J connectivity index is 1.57. The third kappa shape index (κ3) is 11.1. The first-order valence-electron chi connectivity index (χ1n) is 22.4. The maximum absolute atomic E-state index is 14.2. The molecule has 0 radical (unpaired) electrons. The Bertz CT molecular complexity index is 2110. The summed E-state index contributed by atoms with van der Waals surface area (Å²) < 4.78 is 32.3. The standard InChI is InChI=1S/C49H63N3O12/c1-5-25-61-49-45(51(48(56)60-6-2)21-26-59-27-24-55)31-43(50-62-32-35-14-16-37(17-15-35)52(57)58)41-29-36(11-7-9-22-53)40(12-8-10-23-54)46(47(41)49)42-30-39(19-20-44(42)64-49)63-38-18-13-33(3)34(4)28-38/h5,13-20,28-30,36,40,45-47,53-55H,1,6-12,21-27,31-32H2,2-4H3. The summed E-state index contributed by atoms with van der Waals surface area (Å²) in [4.78, 5) is 32.8. The number of carbonyl (C=O) groups is 1. The van der Waals surface area contributed by atoms with Crippen molar-refractivity contribution in [1.82, 2.24) is 4.90 Å². The fraction of sp³-hybridized carbons (Fsp3) is 0.510. The number of rotatable bonds is 24. The third-order valence-corrected chi connectivity index (χ3v) is 12.5. The van der Waals surface area contributed by atoms with Crippen LogP contribution in [0.25, 0.3) is 0 Å². The van der Waals surface area contributed by atoms with Gasteiger partial charge in [0, 0.05) is 49.8 Å². The fourth-order valence-electron chi connectivity index (χ4n) is 9.43. The van der Waals surface area contributed by atoms with Gasteiger partial charge in [-0.2, -0.15) is 0 Å². The molecule has 15 heteroatoms. The van der Waals surface area contributed by atoms with Gasteiger partial charge in [0.15, 0.2) is 0 Å². The number of ether oxygens (including phenoxy) is 5. The lowest BCUT2D eigenvalue weighted by atomic mass is 9.55. The van der Waals surface area contributed by atoms with E-state index in [4.69, 9.17) is 33.7 Å². The minimum absolute atomic E-state index is 0.00154. The SMILES string of the molecule is C=CCOC12Oc3ccc(Oc4ccc(C)c(C)c4)cc3C3C(CCCCO)C(CCCCO)C=C(C(=NOCc4ccc([N+](=O)[O-])cc4)CC1N(CCOCCO)C(=O)OCC)C32. The zero-order chi connectivity index (χ0) is 45.6. The van der Waals surface area contributed by atoms with Crippen LogP contribution in [0.2, 0.25) is 0 Å². The number of allylic oxidation sites excluding steroid dienone is 1. The number of carbonyl (C=O) groups excluding carboxylic acids is 1. The first-order valence-corrected chi connectivity index (χ1v) is 22.4. The fourth-order valence-corrected chi connectivity index (χ4v) is 9.43. The van der Waals surface area contributed by atoms with Crippen LogP contribution in [0.4, 0.5) is 10.5 Å². The maximum Gasteiger partial charge on any atom is 0.410 e. The molecule has 2 aliphatic carbocycles. The molecule has 3 aromatic carbocycles. The Morgan fingerprint density at radius 2 is 1.70 bits per heavy atom. The van der Waals surface area contributed by atoms with Gasteiger partial charge in [0.25, 0.3) is 5.69 Å². The van der Waals surface area contributed by atoms with Gasteiger partial charge in [0.2, 0.25) is 5.79 Å². The lowest BCUT2D eigenvalue weighted by molar-refractivity contribution is -0.384. The second kappa shape index (κ2) is 23.0. The molecule has 3 aromatic rings. The number of nitro groups is 1. The summed E-state index contributed by atoms with van der Waals surface area (Å²) in [6.07, 6.45) is 7.69. The number of aliphatic hydroxyl groups is 3. The number of oxime groups is 1. The Labute approximate surface area is 375 Å². The minimum atomic E-state index is -1.53. The van der Waals surface area contributed by atoms with Gasteiger partial charge >= 0.3 is 6.09 Å². The molecule has 1 fully saturated rings. The summed E-state index contributed by atoms with van der Waals surface area (Å²) in [5, 5.41) is 45.6. The highest BCUT2D eigenvalue weighted by Crippen LogP contribution is 2.62. The Morgan fingerprint density at radius 1 is 0.969 bits per heavy atom. The van der Waals surface area contributed by atoms with E-state index >= 15 is 0 Å². The predicted octanol–water partition coefficient (Wildman–Crippen LogP) is 8.31. The first-order chi connectivity index (χ1) is 31.1. The Kier molecular flexibility index (Phi) is 17.3. The van der Waals surface area contributed by atoms with Gasteiger partial charge in [-0.15, -0.1) is 6.58 Å². The Hall–Kier alpha value is -5.32. The summed E-state index contributed by atoms with van der Waals surface area (Å²) in [7, 11) is 0. The number of hydrogen-bond acceptors (Lipinski definition) is 13. The van der Waals surface area contributed by atoms with Crippen molar-refractivity contribution in [3.63, 3.8) is 0 Å². The molecule has 6 atom stereocenters. The van der Waals surface area contributed by atoms with Crippen molar-refractivity contribution in [3.05, 3.63) is 117 Å². The van der Waals surface area contributed by atoms with Crippen molar-refractivity contribution in [1.29, 1.82) is 0 Å². The van der Waals surface area contributed by atoms with E-state index < -0.39 is 28.8 Å². The number of amides is 1. The van der Waals surface area contributed by atoms with E-state index in [9.17, 15) is 30.2 Å². The van der Waals surface area contributed by atoms with Gasteiger partial charge in [-0.05, 0) is 123 Å². The number of unbranched alkanes of at least 4 members (excludes halogenated alkanes) is 2. The molecule has 64 heavy (non-hydrogen) atoms. The van der Waals surface area contributed by atoms with Crippen LogP contribution in [-0.4, -0.2) is 102 Å². The van der Waals surface area contributed by atoms with Crippen molar-refractivity contribution >= 4 is 17.5 Å². The molecule has 346 valence electrons. The van der Waals surface area contributed by atoms with Crippen LogP contribution in [0.15, 0.2) is 90.1 Å². The van der Waals surface area contributed by atoms with E-state index in [1.54, 1.807) is 30.0 Å². The highest BCUT2D eigenvalue weighted by atomic mass is 16.7. The van der Waals surface area contributed by atoms with Gasteiger partial charge in [-0.25, -0.2) is 4.79 Å². The summed E-state index contributed by atoms with van der Waals surface area (Å²) in [5.74, 6) is -0.545. The Morgan fingerprint density at radius 3 is 2.39 bits per heavy atom. The molecule has 0 spiro atoms. The zero-order valence-corrected chi connectivity index (χ0v) is 37.2. The van der Waals surface area contributed by atoms with Gasteiger partial charge < -0.3 is 43.8 Å². The van der Waals surface area contributed by atoms with Crippen molar-refractivity contribution in [2.75, 3.05) is 52.8 Å². The van der Waals surface area contributed by atoms with Crippen LogP contribution in [0.3, 0.4) is 0 Å². The molecule has 1 heterocycles. The average molecular weight is 886 g/mol. The molecule has 1 amide bonds. The molecule has 0 saturated heterocycles. The largest absolute Gasteiger partial charge is 0.459 e. The molecule has 6 rings (SSSR count). The van der Waals surface area contributed by atoms with Crippen molar-refractivity contribution in [2.45, 2.75) is 90.1 Å². The van der Waals surface area contributed by atoms with Gasteiger partial charge in [-0.1, -0.05) is 36.2 Å². The van der Waals surface area contributed by atoms with E-state index in [-0.39, 0.29) is 89.3 Å². The summed E-state index contributed by atoms with van der Waals surface area (Å²) in [6.45, 7) is 10.2. The highest BCUT2D eigenvalue weighted by Gasteiger charge is 2.65. The smallest absolute Gasteiger partial charge is 0.410 e. The van der Waals surface area contributed by atoms with Crippen LogP contribution < -0.4 is 9.47 Å². The number of non-ortho nitro benzene ring substituents is 1. The molecule has 1 aliphatic heterocycles. The summed E-state index contributed by atoms with van der Waals surface area (Å²) in [6, 6.07) is 17.0. The van der Waals surface area contributed by atoms with Crippen molar-refractivity contribution in [2.24, 2.45) is 22.9 Å². The number of aliphatic hydroxyl groups excluding tert-OH is 3. The van der Waals surface area contributed by atoms with Crippen LogP contribution in [0.1, 0.15) is 80.0 Å². The normalized spacial score (nSPS) is 22.7. The number of aryl methyl sites for hydroxylation is 2. The molecule has 0 aromatic heterocycles. The average Bonchev–Trinajstić information content (AvgIpc) is 3.29. The zero-order valence-electron chi connectivity index (χ0n) is 37.2. The van der Waals surface area contributed by atoms with Gasteiger partial charge in [0.05, 0.1) is 49.6 Å². The monoisotopic (exact) mass is 885 g/mol. The lowest BCUT2D eigenvalue weighted by Crippen LogP contribution is -2.70. The van der Waals surface area contributed by atoms with E-state index in [0.29, 0.717) is 41.4 Å². The highest BCUT2D eigenvalue weighted by molar-refractivity contribution is 6.03. The lowest BCUT2D eigenvalue weighted by Gasteiger charge is -2.59. The van der Waals surface area contributed by atoms with Crippen LogP contribution in [0.5, 0.6) is 17.2 Å². The summed E-state index contributed by atoms with van der Waals surface area (Å²) >= 11 is 0. The van der Waals surface area contributed by atoms with E-state index in [0.717, 1.165) is 47.9 Å². The van der Waals surface area contributed by atoms with Crippen molar-refractivity contribution < 1.29 is 53.6 Å². The van der Waals surface area contributed by atoms with Crippen molar-refractivity contribution in [3.8, 4) is 17.2 Å². The van der Waals surface area contributed by atoms with Gasteiger partial charge in [0.1, 0.15) is 29.9 Å². The number of hydrogen-bond donors (Lipinski definition) is 3. The quantitative estimate of drug-likeness (QED) is 0.0338. The number of nitro benzene ring substituents is 1. The maximum atomic E-state index is 14.2. The van der Waals surface area contributed by atoms with Crippen LogP contribution in [0, 0.1) is 41.7 Å². The molecule has 0 bridgehead atoms. The molecule has 6 unspecified atom stereocenters. The topological polar surface area (TPSA) is 192 Å². The van der Waals surface area contributed by atoms with E-state index in [1.807, 2.05) is 43.3 Å². The van der Waals surface area contributed by atoms with E-state index in [1.165, 1.54) is 12.1 Å². The molecule has 3 N–H and O–H groups in total. The second-order valence-corrected chi connectivity index (χ2v) is 16.5. The summed E-state index contributed by atoms with van der Waals surface area (Å²) in [5.41, 5.74) is 5.20. The molecular formula is C49H63N3O12. The van der Waals surface area contributed by atoms with E-state index in [2.05, 4.69) is 19.6 Å². The number of fused-ring (bicyclic) bond motifs is 2.